The van der Waals surface area contributed by atoms with Gasteiger partial charge >= 0.3 is 11.9 Å². The van der Waals surface area contributed by atoms with Gasteiger partial charge in [-0.05, 0) is 97.7 Å². The molecule has 45 heavy (non-hydrogen) atoms. The highest BCUT2D eigenvalue weighted by atomic mass is 16.5. The van der Waals surface area contributed by atoms with Gasteiger partial charge in [0.15, 0.2) is 0 Å². The number of rotatable bonds is 19. The van der Waals surface area contributed by atoms with Gasteiger partial charge in [-0.2, -0.15) is 0 Å². The van der Waals surface area contributed by atoms with Crippen molar-refractivity contribution < 1.29 is 23.8 Å². The number of esters is 2. The zero-order valence-corrected chi connectivity index (χ0v) is 27.4. The minimum absolute atomic E-state index is 0.00206. The van der Waals surface area contributed by atoms with Crippen molar-refractivity contribution in [2.24, 2.45) is 5.92 Å². The van der Waals surface area contributed by atoms with Crippen molar-refractivity contribution in [3.63, 3.8) is 0 Å². The monoisotopic (exact) mass is 612 g/mol. The Morgan fingerprint density at radius 3 is 1.76 bits per heavy atom. The van der Waals surface area contributed by atoms with Crippen molar-refractivity contribution in [2.45, 2.75) is 116 Å². The van der Waals surface area contributed by atoms with Crippen LogP contribution in [0.25, 0.3) is 11.1 Å². The summed E-state index contributed by atoms with van der Waals surface area (Å²) >= 11 is 0. The Morgan fingerprint density at radius 2 is 1.13 bits per heavy atom. The molecule has 0 aliphatic heterocycles. The molecule has 4 rings (SSSR count). The van der Waals surface area contributed by atoms with E-state index in [4.69, 9.17) is 14.2 Å². The molecule has 0 spiro atoms. The molecule has 3 aromatic rings. The van der Waals surface area contributed by atoms with Gasteiger partial charge in [-0.25, -0.2) is 9.59 Å². The molecule has 0 amide bonds. The number of hydrogen-bond acceptors (Lipinski definition) is 5. The maximum atomic E-state index is 12.8. The highest BCUT2D eigenvalue weighted by Crippen LogP contribution is 2.33. The van der Waals surface area contributed by atoms with Crippen LogP contribution in [0, 0.1) is 5.92 Å². The molecule has 0 heterocycles. The molecule has 0 radical (unpaired) electrons. The molecule has 242 valence electrons. The van der Waals surface area contributed by atoms with E-state index in [9.17, 15) is 9.59 Å². The third kappa shape index (κ3) is 11.4. The number of benzene rings is 3. The standard InChI is InChI=1S/C40H52O5/c1-3-5-7-8-9-10-11-13-30-43-36-26-22-31(23-27-36)32-24-28-37(29-25-32)44-39(41)34-18-20-35(21-19-34)40(42)45-38-17-14-16-33(38)15-12-6-4-2/h18-29,33,38H,3-17,30H2,1-2H3/t33-,38+/m0/s1. The van der Waals surface area contributed by atoms with Crippen LogP contribution in [0.3, 0.4) is 0 Å². The van der Waals surface area contributed by atoms with Crippen LogP contribution in [0.5, 0.6) is 11.5 Å². The molecule has 0 unspecified atom stereocenters. The van der Waals surface area contributed by atoms with Gasteiger partial charge < -0.3 is 14.2 Å². The summed E-state index contributed by atoms with van der Waals surface area (Å²) < 4.78 is 17.4. The quantitative estimate of drug-likeness (QED) is 0.0765. The molecule has 0 aromatic heterocycles. The fourth-order valence-electron chi connectivity index (χ4n) is 6.14. The molecule has 5 heteroatoms. The van der Waals surface area contributed by atoms with Crippen LogP contribution >= 0.6 is 0 Å². The summed E-state index contributed by atoms with van der Waals surface area (Å²) in [6.07, 6.45) is 18.2. The number of carbonyl (C=O) groups is 2. The number of unbranched alkanes of at least 4 members (excludes halogenated alkanes) is 9. The zero-order valence-electron chi connectivity index (χ0n) is 27.4. The largest absolute Gasteiger partial charge is 0.494 e. The first kappa shape index (κ1) is 34.3. The summed E-state index contributed by atoms with van der Waals surface area (Å²) in [6, 6.07) is 22.1. The zero-order chi connectivity index (χ0) is 31.7. The Morgan fingerprint density at radius 1 is 0.600 bits per heavy atom. The molecule has 2 atom stereocenters. The van der Waals surface area contributed by atoms with Crippen LogP contribution in [0.15, 0.2) is 72.8 Å². The minimum atomic E-state index is -0.465. The van der Waals surface area contributed by atoms with E-state index >= 15 is 0 Å². The predicted octanol–water partition coefficient (Wildman–Crippen LogP) is 11.0. The topological polar surface area (TPSA) is 61.8 Å². The number of carbonyl (C=O) groups excluding carboxylic acids is 2. The van der Waals surface area contributed by atoms with Gasteiger partial charge in [0.1, 0.15) is 17.6 Å². The van der Waals surface area contributed by atoms with E-state index in [0.29, 0.717) is 22.8 Å². The van der Waals surface area contributed by atoms with Crippen molar-refractivity contribution in [2.75, 3.05) is 6.61 Å². The normalized spacial score (nSPS) is 16.0. The van der Waals surface area contributed by atoms with E-state index in [1.165, 1.54) is 64.2 Å². The number of hydrogen-bond donors (Lipinski definition) is 0. The lowest BCUT2D eigenvalue weighted by Gasteiger charge is -2.20. The fourth-order valence-corrected chi connectivity index (χ4v) is 6.14. The molecule has 0 saturated heterocycles. The van der Waals surface area contributed by atoms with E-state index in [0.717, 1.165) is 55.6 Å². The second kappa shape index (κ2) is 19.0. The van der Waals surface area contributed by atoms with Gasteiger partial charge in [0.05, 0.1) is 17.7 Å². The second-order valence-electron chi connectivity index (χ2n) is 12.5. The summed E-state index contributed by atoms with van der Waals surface area (Å²) in [6.45, 7) is 5.21. The molecular formula is C40H52O5. The Kier molecular flexibility index (Phi) is 14.5. The molecule has 1 aliphatic carbocycles. The van der Waals surface area contributed by atoms with Crippen LogP contribution in [0.1, 0.15) is 131 Å². The summed E-state index contributed by atoms with van der Waals surface area (Å²) in [5, 5.41) is 0. The molecule has 1 fully saturated rings. The van der Waals surface area contributed by atoms with Crippen LogP contribution in [-0.4, -0.2) is 24.6 Å². The molecule has 3 aromatic carbocycles. The van der Waals surface area contributed by atoms with Crippen LogP contribution in [0.4, 0.5) is 0 Å². The Balaban J connectivity index is 1.19. The van der Waals surface area contributed by atoms with Gasteiger partial charge in [-0.1, -0.05) is 102 Å². The van der Waals surface area contributed by atoms with Gasteiger partial charge in [0.2, 0.25) is 0 Å². The van der Waals surface area contributed by atoms with Crippen molar-refractivity contribution >= 4 is 11.9 Å². The summed E-state index contributed by atoms with van der Waals surface area (Å²) in [5.41, 5.74) is 2.94. The summed E-state index contributed by atoms with van der Waals surface area (Å²) in [4.78, 5) is 25.6. The highest BCUT2D eigenvalue weighted by molar-refractivity contribution is 5.94. The Labute approximate surface area is 270 Å². The summed E-state index contributed by atoms with van der Waals surface area (Å²) in [5.74, 6) is 1.03. The van der Waals surface area contributed by atoms with Gasteiger partial charge in [-0.3, -0.25) is 0 Å². The maximum Gasteiger partial charge on any atom is 0.343 e. The summed E-state index contributed by atoms with van der Waals surface area (Å²) in [7, 11) is 0. The van der Waals surface area contributed by atoms with Crippen molar-refractivity contribution in [3.05, 3.63) is 83.9 Å². The maximum absolute atomic E-state index is 12.8. The molecule has 0 N–H and O–H groups in total. The first-order chi connectivity index (χ1) is 22.1. The van der Waals surface area contributed by atoms with E-state index in [2.05, 4.69) is 26.0 Å². The Bertz CT molecular complexity index is 1280. The van der Waals surface area contributed by atoms with E-state index in [-0.39, 0.29) is 12.1 Å². The van der Waals surface area contributed by atoms with Gasteiger partial charge in [0.25, 0.3) is 0 Å². The van der Waals surface area contributed by atoms with Crippen LogP contribution < -0.4 is 9.47 Å². The van der Waals surface area contributed by atoms with E-state index < -0.39 is 5.97 Å². The highest BCUT2D eigenvalue weighted by Gasteiger charge is 2.30. The first-order valence-electron chi connectivity index (χ1n) is 17.4. The van der Waals surface area contributed by atoms with Gasteiger partial charge in [0, 0.05) is 0 Å². The lowest BCUT2D eigenvalue weighted by Crippen LogP contribution is -2.22. The number of ether oxygens (including phenoxy) is 3. The minimum Gasteiger partial charge on any atom is -0.494 e. The van der Waals surface area contributed by atoms with Crippen molar-refractivity contribution in [1.29, 1.82) is 0 Å². The van der Waals surface area contributed by atoms with Crippen molar-refractivity contribution in [1.82, 2.24) is 0 Å². The SMILES string of the molecule is CCCCCCCCCCOc1ccc(-c2ccc(OC(=O)c3ccc(C(=O)O[C@@H]4CCC[C@@H]4CCCCC)cc3)cc2)cc1. The third-order valence-corrected chi connectivity index (χ3v) is 8.90. The Hall–Kier alpha value is -3.60. The fraction of sp³-hybridized carbons (Fsp3) is 0.500. The van der Waals surface area contributed by atoms with Crippen LogP contribution in [0.2, 0.25) is 0 Å². The molecular weight excluding hydrogens is 560 g/mol. The van der Waals surface area contributed by atoms with Crippen molar-refractivity contribution in [3.8, 4) is 22.6 Å². The average Bonchev–Trinajstić information content (AvgIpc) is 3.51. The van der Waals surface area contributed by atoms with Crippen LogP contribution in [-0.2, 0) is 4.74 Å². The average molecular weight is 613 g/mol. The smallest absolute Gasteiger partial charge is 0.343 e. The van der Waals surface area contributed by atoms with Gasteiger partial charge in [-0.15, -0.1) is 0 Å². The third-order valence-electron chi connectivity index (χ3n) is 8.90. The lowest BCUT2D eigenvalue weighted by atomic mass is 9.98. The van der Waals surface area contributed by atoms with E-state index in [1.807, 2.05) is 24.3 Å². The lowest BCUT2D eigenvalue weighted by molar-refractivity contribution is 0.0194. The molecule has 5 nitrogen and oxygen atoms in total. The molecule has 1 aliphatic rings. The molecule has 1 saturated carbocycles. The first-order valence-corrected chi connectivity index (χ1v) is 17.4. The van der Waals surface area contributed by atoms with E-state index in [1.54, 1.807) is 36.4 Å². The molecule has 0 bridgehead atoms. The predicted molar refractivity (Wildman–Crippen MR) is 182 cm³/mol. The second-order valence-corrected chi connectivity index (χ2v) is 12.5.